The van der Waals surface area contributed by atoms with E-state index in [2.05, 4.69) is 20.7 Å². The Hall–Kier alpha value is -0.950. The van der Waals surface area contributed by atoms with Crippen LogP contribution in [0.5, 0.6) is 0 Å². The second-order valence-electron chi connectivity index (χ2n) is 4.37. The van der Waals surface area contributed by atoms with Gasteiger partial charge in [-0.3, -0.25) is 4.72 Å². The summed E-state index contributed by atoms with van der Waals surface area (Å²) in [5, 5.41) is 0.640. The molecule has 2 aromatic carbocycles. The number of benzene rings is 2. The molecule has 0 radical (unpaired) electrons. The predicted octanol–water partition coefficient (Wildman–Crippen LogP) is 4.45. The molecule has 0 saturated heterocycles. The number of hydrogen-bond donors (Lipinski definition) is 2. The van der Waals surface area contributed by atoms with Crippen LogP contribution < -0.4 is 10.5 Å². The van der Waals surface area contributed by atoms with Crippen LogP contribution in [0.2, 0.25) is 10.0 Å². The number of halogens is 3. The lowest BCUT2D eigenvalue weighted by atomic mass is 10.2. The molecule has 0 amide bonds. The molecule has 2 rings (SSSR count). The molecule has 21 heavy (non-hydrogen) atoms. The Balaban J connectivity index is 2.46. The SMILES string of the molecule is Cc1cc(Br)c(N)cc1S(=O)(=O)Nc1ccc(Cl)cc1Cl. The molecule has 0 bridgehead atoms. The summed E-state index contributed by atoms with van der Waals surface area (Å²) in [4.78, 5) is 0.0919. The van der Waals surface area contributed by atoms with Crippen molar-refractivity contribution in [2.24, 2.45) is 0 Å². The Morgan fingerprint density at radius 2 is 1.86 bits per heavy atom. The van der Waals surface area contributed by atoms with Crippen LogP contribution in [0.1, 0.15) is 5.56 Å². The van der Waals surface area contributed by atoms with Gasteiger partial charge in [0.05, 0.1) is 15.6 Å². The summed E-state index contributed by atoms with van der Waals surface area (Å²) in [7, 11) is -3.80. The fourth-order valence-corrected chi connectivity index (χ4v) is 4.04. The average molecular weight is 410 g/mol. The van der Waals surface area contributed by atoms with Gasteiger partial charge in [-0.25, -0.2) is 8.42 Å². The third-order valence-electron chi connectivity index (χ3n) is 2.76. The van der Waals surface area contributed by atoms with Crippen LogP contribution in [0.4, 0.5) is 11.4 Å². The van der Waals surface area contributed by atoms with Crippen LogP contribution in [0.3, 0.4) is 0 Å². The lowest BCUT2D eigenvalue weighted by Crippen LogP contribution is -2.15. The Morgan fingerprint density at radius 3 is 2.48 bits per heavy atom. The van der Waals surface area contributed by atoms with E-state index < -0.39 is 10.0 Å². The normalized spacial score (nSPS) is 11.4. The van der Waals surface area contributed by atoms with Crippen molar-refractivity contribution >= 4 is 60.5 Å². The first-order chi connectivity index (χ1) is 9.70. The third-order valence-corrected chi connectivity index (χ3v) is 5.50. The molecule has 8 heteroatoms. The molecule has 0 aliphatic carbocycles. The summed E-state index contributed by atoms with van der Waals surface area (Å²) < 4.78 is 28.0. The van der Waals surface area contributed by atoms with Gasteiger partial charge in [-0.2, -0.15) is 0 Å². The van der Waals surface area contributed by atoms with Crippen molar-refractivity contribution in [2.45, 2.75) is 11.8 Å². The summed E-state index contributed by atoms with van der Waals surface area (Å²) in [5.41, 5.74) is 6.90. The molecule has 0 heterocycles. The predicted molar refractivity (Wildman–Crippen MR) is 90.6 cm³/mol. The molecule has 0 aliphatic heterocycles. The number of sulfonamides is 1. The fourth-order valence-electron chi connectivity index (χ4n) is 1.73. The lowest BCUT2D eigenvalue weighted by molar-refractivity contribution is 0.600. The minimum absolute atomic E-state index is 0.0919. The van der Waals surface area contributed by atoms with E-state index in [1.165, 1.54) is 18.2 Å². The highest BCUT2D eigenvalue weighted by Gasteiger charge is 2.19. The van der Waals surface area contributed by atoms with Crippen molar-refractivity contribution in [1.82, 2.24) is 0 Å². The molecular formula is C13H11BrCl2N2O2S. The molecule has 112 valence electrons. The average Bonchev–Trinajstić information content (AvgIpc) is 2.37. The van der Waals surface area contributed by atoms with Crippen LogP contribution in [0.15, 0.2) is 39.7 Å². The van der Waals surface area contributed by atoms with Crippen molar-refractivity contribution in [1.29, 1.82) is 0 Å². The molecule has 0 fully saturated rings. The summed E-state index contributed by atoms with van der Waals surface area (Å²) in [6.45, 7) is 1.68. The quantitative estimate of drug-likeness (QED) is 0.735. The van der Waals surface area contributed by atoms with Gasteiger partial charge in [-0.05, 0) is 58.7 Å². The van der Waals surface area contributed by atoms with Crippen LogP contribution in [0, 0.1) is 6.92 Å². The number of nitrogens with two attached hydrogens (primary N) is 1. The highest BCUT2D eigenvalue weighted by molar-refractivity contribution is 9.10. The van der Waals surface area contributed by atoms with Crippen LogP contribution in [-0.4, -0.2) is 8.42 Å². The first-order valence-electron chi connectivity index (χ1n) is 5.74. The molecule has 3 N–H and O–H groups in total. The molecule has 4 nitrogen and oxygen atoms in total. The zero-order chi connectivity index (χ0) is 15.8. The zero-order valence-electron chi connectivity index (χ0n) is 10.8. The Morgan fingerprint density at radius 1 is 1.19 bits per heavy atom. The molecule has 0 aliphatic rings. The maximum absolute atomic E-state index is 12.4. The summed E-state index contributed by atoms with van der Waals surface area (Å²) >= 11 is 15.0. The first kappa shape index (κ1) is 16.4. The van der Waals surface area contributed by atoms with Crippen LogP contribution in [-0.2, 0) is 10.0 Å². The fraction of sp³-hybridized carbons (Fsp3) is 0.0769. The van der Waals surface area contributed by atoms with Crippen molar-refractivity contribution in [3.8, 4) is 0 Å². The van der Waals surface area contributed by atoms with Crippen molar-refractivity contribution in [3.63, 3.8) is 0 Å². The number of nitrogens with one attached hydrogen (secondary N) is 1. The molecule has 0 unspecified atom stereocenters. The maximum Gasteiger partial charge on any atom is 0.262 e. The Bertz CT molecular complexity index is 810. The first-order valence-corrected chi connectivity index (χ1v) is 8.77. The highest BCUT2D eigenvalue weighted by Crippen LogP contribution is 2.30. The van der Waals surface area contributed by atoms with Gasteiger partial charge >= 0.3 is 0 Å². The number of anilines is 2. The molecule has 0 atom stereocenters. The van der Waals surface area contributed by atoms with Crippen molar-refractivity contribution in [3.05, 3.63) is 50.4 Å². The summed E-state index contributed by atoms with van der Waals surface area (Å²) in [6.07, 6.45) is 0. The highest BCUT2D eigenvalue weighted by atomic mass is 79.9. The topological polar surface area (TPSA) is 72.2 Å². The molecule has 0 aromatic heterocycles. The monoisotopic (exact) mass is 408 g/mol. The van der Waals surface area contributed by atoms with E-state index >= 15 is 0 Å². The third kappa shape index (κ3) is 3.63. The maximum atomic E-state index is 12.4. The lowest BCUT2D eigenvalue weighted by Gasteiger charge is -2.13. The number of hydrogen-bond acceptors (Lipinski definition) is 3. The Kier molecular flexibility index (Phi) is 4.72. The summed E-state index contributed by atoms with van der Waals surface area (Å²) in [5.74, 6) is 0. The van der Waals surface area contributed by atoms with Crippen LogP contribution in [0.25, 0.3) is 0 Å². The van der Waals surface area contributed by atoms with Crippen molar-refractivity contribution in [2.75, 3.05) is 10.5 Å². The number of rotatable bonds is 3. The molecular weight excluding hydrogens is 399 g/mol. The van der Waals surface area contributed by atoms with Gasteiger partial charge in [0.25, 0.3) is 10.0 Å². The minimum Gasteiger partial charge on any atom is -0.398 e. The standard InChI is InChI=1S/C13H11BrCl2N2O2S/c1-7-4-9(14)11(17)6-13(7)21(19,20)18-12-3-2-8(15)5-10(12)16/h2-6,18H,17H2,1H3. The Labute approximate surface area is 141 Å². The van der Waals surface area contributed by atoms with E-state index in [1.807, 2.05) is 0 Å². The minimum atomic E-state index is -3.80. The van der Waals surface area contributed by atoms with E-state index in [4.69, 9.17) is 28.9 Å². The van der Waals surface area contributed by atoms with Gasteiger partial charge in [0.2, 0.25) is 0 Å². The van der Waals surface area contributed by atoms with Gasteiger partial charge in [-0.1, -0.05) is 23.2 Å². The van der Waals surface area contributed by atoms with Gasteiger partial charge in [0.1, 0.15) is 0 Å². The van der Waals surface area contributed by atoms with E-state index in [9.17, 15) is 8.42 Å². The molecule has 0 saturated carbocycles. The number of aryl methyl sites for hydroxylation is 1. The van der Waals surface area contributed by atoms with Gasteiger partial charge in [0.15, 0.2) is 0 Å². The van der Waals surface area contributed by atoms with Gasteiger partial charge in [-0.15, -0.1) is 0 Å². The summed E-state index contributed by atoms with van der Waals surface area (Å²) in [6, 6.07) is 7.55. The van der Waals surface area contributed by atoms with E-state index in [0.29, 0.717) is 20.7 Å². The molecule has 2 aromatic rings. The van der Waals surface area contributed by atoms with E-state index in [-0.39, 0.29) is 15.6 Å². The van der Waals surface area contributed by atoms with E-state index in [0.717, 1.165) is 0 Å². The zero-order valence-corrected chi connectivity index (χ0v) is 14.7. The molecule has 0 spiro atoms. The second-order valence-corrected chi connectivity index (χ2v) is 7.72. The van der Waals surface area contributed by atoms with E-state index in [1.54, 1.807) is 19.1 Å². The van der Waals surface area contributed by atoms with Gasteiger partial charge < -0.3 is 5.73 Å². The second kappa shape index (κ2) is 6.04. The smallest absolute Gasteiger partial charge is 0.262 e. The van der Waals surface area contributed by atoms with Crippen molar-refractivity contribution < 1.29 is 8.42 Å². The largest absolute Gasteiger partial charge is 0.398 e. The van der Waals surface area contributed by atoms with Crippen LogP contribution >= 0.6 is 39.1 Å². The number of nitrogen functional groups attached to an aromatic ring is 1. The van der Waals surface area contributed by atoms with Gasteiger partial charge in [0, 0.05) is 15.2 Å².